The van der Waals surface area contributed by atoms with Crippen LogP contribution in [-0.4, -0.2) is 22.0 Å². The van der Waals surface area contributed by atoms with Gasteiger partial charge >= 0.3 is 0 Å². The van der Waals surface area contributed by atoms with E-state index in [1.807, 2.05) is 59.4 Å². The van der Waals surface area contributed by atoms with Crippen LogP contribution in [0.15, 0.2) is 59.2 Å². The van der Waals surface area contributed by atoms with Gasteiger partial charge in [0.1, 0.15) is 5.75 Å². The molecule has 0 unspecified atom stereocenters. The zero-order valence-electron chi connectivity index (χ0n) is 13.9. The normalized spacial score (nSPS) is 10.4. The fourth-order valence-corrected chi connectivity index (χ4v) is 3.07. The van der Waals surface area contributed by atoms with Crippen LogP contribution in [0.5, 0.6) is 5.75 Å². The van der Waals surface area contributed by atoms with Crippen molar-refractivity contribution >= 4 is 56.4 Å². The van der Waals surface area contributed by atoms with Gasteiger partial charge in [-0.05, 0) is 58.0 Å². The first kappa shape index (κ1) is 18.7. The summed E-state index contributed by atoms with van der Waals surface area (Å²) in [5.74, 6) is 1.39. The van der Waals surface area contributed by atoms with Crippen LogP contribution < -0.4 is 15.4 Å². The Morgan fingerprint density at radius 1 is 1.23 bits per heavy atom. The highest BCUT2D eigenvalue weighted by Crippen LogP contribution is 2.22. The smallest absolute Gasteiger partial charge is 0.176 e. The second-order valence-electron chi connectivity index (χ2n) is 5.46. The number of anilines is 2. The minimum Gasteiger partial charge on any atom is -0.497 e. The Morgan fingerprint density at radius 3 is 2.73 bits per heavy atom. The van der Waals surface area contributed by atoms with Crippen LogP contribution in [0.2, 0.25) is 5.02 Å². The molecule has 0 atom stereocenters. The molecule has 8 heteroatoms. The number of nitrogens with one attached hydrogen (secondary N) is 2. The van der Waals surface area contributed by atoms with E-state index in [1.54, 1.807) is 7.11 Å². The second kappa shape index (κ2) is 8.53. The summed E-state index contributed by atoms with van der Waals surface area (Å²) in [4.78, 5) is 0. The number of ether oxygens (including phenoxy) is 1. The van der Waals surface area contributed by atoms with Gasteiger partial charge in [-0.15, -0.1) is 0 Å². The SMILES string of the molecule is COc1cccc(NC(=S)Nc2nn(Cc3ccc(Cl)cc3)cc2Br)c1. The third-order valence-electron chi connectivity index (χ3n) is 3.53. The molecule has 0 radical (unpaired) electrons. The maximum absolute atomic E-state index is 5.92. The van der Waals surface area contributed by atoms with Gasteiger partial charge in [0, 0.05) is 23.0 Å². The van der Waals surface area contributed by atoms with Crippen LogP contribution in [0.4, 0.5) is 11.5 Å². The summed E-state index contributed by atoms with van der Waals surface area (Å²) in [7, 11) is 1.63. The number of methoxy groups -OCH3 is 1. The molecule has 0 saturated carbocycles. The van der Waals surface area contributed by atoms with Gasteiger partial charge in [-0.1, -0.05) is 29.8 Å². The summed E-state index contributed by atoms with van der Waals surface area (Å²) in [5.41, 5.74) is 1.94. The Hall–Kier alpha value is -2.09. The highest BCUT2D eigenvalue weighted by atomic mass is 79.9. The van der Waals surface area contributed by atoms with Crippen molar-refractivity contribution in [2.45, 2.75) is 6.54 Å². The maximum Gasteiger partial charge on any atom is 0.176 e. The molecule has 3 rings (SSSR count). The van der Waals surface area contributed by atoms with E-state index in [-0.39, 0.29) is 0 Å². The molecular formula is C18H16BrClN4OS. The van der Waals surface area contributed by atoms with E-state index in [9.17, 15) is 0 Å². The predicted octanol–water partition coefficient (Wildman–Crippen LogP) is 5.16. The summed E-state index contributed by atoms with van der Waals surface area (Å²) >= 11 is 14.8. The number of hydrogen-bond donors (Lipinski definition) is 2. The fourth-order valence-electron chi connectivity index (χ4n) is 2.31. The summed E-state index contributed by atoms with van der Waals surface area (Å²) in [5, 5.41) is 11.9. The van der Waals surface area contributed by atoms with Crippen molar-refractivity contribution < 1.29 is 4.74 Å². The topological polar surface area (TPSA) is 51.1 Å². The number of hydrogen-bond acceptors (Lipinski definition) is 3. The zero-order valence-corrected chi connectivity index (χ0v) is 17.0. The first-order valence-electron chi connectivity index (χ1n) is 7.73. The third-order valence-corrected chi connectivity index (χ3v) is 4.57. The zero-order chi connectivity index (χ0) is 18.5. The molecule has 0 aliphatic rings. The molecule has 0 aliphatic carbocycles. The Balaban J connectivity index is 1.65. The molecule has 0 amide bonds. The molecule has 0 saturated heterocycles. The quantitative estimate of drug-likeness (QED) is 0.524. The van der Waals surface area contributed by atoms with Crippen molar-refractivity contribution in [2.75, 3.05) is 17.7 Å². The molecule has 26 heavy (non-hydrogen) atoms. The summed E-state index contributed by atoms with van der Waals surface area (Å²) in [6, 6.07) is 15.2. The lowest BCUT2D eigenvalue weighted by molar-refractivity contribution is 0.415. The van der Waals surface area contributed by atoms with Gasteiger partial charge in [-0.25, -0.2) is 0 Å². The fraction of sp³-hybridized carbons (Fsp3) is 0.111. The van der Waals surface area contributed by atoms with Crippen LogP contribution in [-0.2, 0) is 6.54 Å². The van der Waals surface area contributed by atoms with Crippen molar-refractivity contribution in [1.29, 1.82) is 0 Å². The Labute approximate surface area is 170 Å². The minimum absolute atomic E-state index is 0.440. The highest BCUT2D eigenvalue weighted by Gasteiger charge is 2.09. The average molecular weight is 452 g/mol. The van der Waals surface area contributed by atoms with E-state index in [1.165, 1.54) is 0 Å². The lowest BCUT2D eigenvalue weighted by atomic mass is 10.2. The molecule has 0 bridgehead atoms. The molecule has 0 aliphatic heterocycles. The van der Waals surface area contributed by atoms with Gasteiger partial charge in [-0.2, -0.15) is 5.10 Å². The molecule has 5 nitrogen and oxygen atoms in total. The van der Waals surface area contributed by atoms with E-state index in [4.69, 9.17) is 28.6 Å². The first-order chi connectivity index (χ1) is 12.5. The standard InChI is InChI=1S/C18H16BrClN4OS/c1-25-15-4-2-3-14(9-15)21-18(26)22-17-16(19)11-24(23-17)10-12-5-7-13(20)8-6-12/h2-9,11H,10H2,1H3,(H2,21,22,23,26). The van der Waals surface area contributed by atoms with E-state index in [0.717, 1.165) is 21.5 Å². The number of benzene rings is 2. The Morgan fingerprint density at radius 2 is 2.00 bits per heavy atom. The lowest BCUT2D eigenvalue weighted by Gasteiger charge is -2.10. The van der Waals surface area contributed by atoms with Gasteiger partial charge in [-0.3, -0.25) is 4.68 Å². The van der Waals surface area contributed by atoms with Crippen LogP contribution in [0.3, 0.4) is 0 Å². The number of aromatic nitrogens is 2. The molecule has 0 spiro atoms. The van der Waals surface area contributed by atoms with Crippen LogP contribution in [0.1, 0.15) is 5.56 Å². The van der Waals surface area contributed by atoms with Crippen LogP contribution in [0, 0.1) is 0 Å². The van der Waals surface area contributed by atoms with Gasteiger partial charge < -0.3 is 15.4 Å². The van der Waals surface area contributed by atoms with Gasteiger partial charge in [0.15, 0.2) is 10.9 Å². The van der Waals surface area contributed by atoms with Crippen molar-refractivity contribution in [3.63, 3.8) is 0 Å². The largest absolute Gasteiger partial charge is 0.497 e. The molecule has 2 aromatic carbocycles. The summed E-state index contributed by atoms with van der Waals surface area (Å²) in [6.07, 6.45) is 1.89. The molecule has 3 aromatic rings. The number of thiocarbonyl (C=S) groups is 1. The Kier molecular flexibility index (Phi) is 6.13. The molecule has 134 valence electrons. The second-order valence-corrected chi connectivity index (χ2v) is 7.16. The minimum atomic E-state index is 0.440. The van der Waals surface area contributed by atoms with Crippen molar-refractivity contribution in [1.82, 2.24) is 9.78 Å². The van der Waals surface area contributed by atoms with E-state index < -0.39 is 0 Å². The van der Waals surface area contributed by atoms with Crippen LogP contribution in [0.25, 0.3) is 0 Å². The van der Waals surface area contributed by atoms with E-state index >= 15 is 0 Å². The summed E-state index contributed by atoms with van der Waals surface area (Å²) < 4.78 is 7.85. The maximum atomic E-state index is 5.92. The van der Waals surface area contributed by atoms with Crippen LogP contribution >= 0.6 is 39.7 Å². The van der Waals surface area contributed by atoms with Gasteiger partial charge in [0.2, 0.25) is 0 Å². The Bertz CT molecular complexity index is 914. The molecule has 2 N–H and O–H groups in total. The van der Waals surface area contributed by atoms with Crippen molar-refractivity contribution in [2.24, 2.45) is 0 Å². The molecule has 0 fully saturated rings. The first-order valence-corrected chi connectivity index (χ1v) is 9.31. The van der Waals surface area contributed by atoms with Crippen molar-refractivity contribution in [3.05, 3.63) is 69.8 Å². The number of rotatable bonds is 5. The molecule has 1 aromatic heterocycles. The molecular weight excluding hydrogens is 436 g/mol. The monoisotopic (exact) mass is 450 g/mol. The lowest BCUT2D eigenvalue weighted by Crippen LogP contribution is -2.19. The van der Waals surface area contributed by atoms with Gasteiger partial charge in [0.25, 0.3) is 0 Å². The predicted molar refractivity (Wildman–Crippen MR) is 113 cm³/mol. The highest BCUT2D eigenvalue weighted by molar-refractivity contribution is 9.10. The number of nitrogens with zero attached hydrogens (tertiary/aromatic N) is 2. The van der Waals surface area contributed by atoms with E-state index in [0.29, 0.717) is 22.5 Å². The van der Waals surface area contributed by atoms with Gasteiger partial charge in [0.05, 0.1) is 18.1 Å². The number of halogens is 2. The average Bonchev–Trinajstić information content (AvgIpc) is 2.96. The van der Waals surface area contributed by atoms with Crippen molar-refractivity contribution in [3.8, 4) is 5.75 Å². The molecule has 1 heterocycles. The third kappa shape index (κ3) is 4.97. The van der Waals surface area contributed by atoms with E-state index in [2.05, 4.69) is 31.7 Å². The summed E-state index contributed by atoms with van der Waals surface area (Å²) in [6.45, 7) is 0.632.